The zero-order valence-electron chi connectivity index (χ0n) is 15.9. The van der Waals surface area contributed by atoms with Gasteiger partial charge in [0.25, 0.3) is 0 Å². The molecule has 0 aromatic heterocycles. The molecule has 2 atom stereocenters. The molecule has 1 fully saturated rings. The summed E-state index contributed by atoms with van der Waals surface area (Å²) in [5, 5.41) is 0. The first-order valence-corrected chi connectivity index (χ1v) is 8.80. The summed E-state index contributed by atoms with van der Waals surface area (Å²) in [6.07, 6.45) is 4.35. The molecule has 27 heavy (non-hydrogen) atoms. The highest BCUT2D eigenvalue weighted by molar-refractivity contribution is 6.06. The average Bonchev–Trinajstić information content (AvgIpc) is 2.94. The largest absolute Gasteiger partial charge is 0.461 e. The molecule has 144 valence electrons. The Morgan fingerprint density at radius 1 is 1.26 bits per heavy atom. The molecule has 0 bridgehead atoms. The first-order valence-electron chi connectivity index (χ1n) is 8.80. The molecule has 0 N–H and O–H groups in total. The summed E-state index contributed by atoms with van der Waals surface area (Å²) in [4.78, 5) is 38.5. The molecule has 6 nitrogen and oxygen atoms in total. The summed E-state index contributed by atoms with van der Waals surface area (Å²) in [5.41, 5.74) is 0.165. The molecule has 1 heterocycles. The lowest BCUT2D eigenvalue weighted by molar-refractivity contribution is -0.151. The molecule has 2 rings (SSSR count). The first-order chi connectivity index (χ1) is 12.7. The van der Waals surface area contributed by atoms with Crippen molar-refractivity contribution < 1.29 is 23.9 Å². The Kier molecular flexibility index (Phi) is 6.55. The lowest BCUT2D eigenvalue weighted by Crippen LogP contribution is -2.42. The summed E-state index contributed by atoms with van der Waals surface area (Å²) in [5.74, 6) is -2.31. The van der Waals surface area contributed by atoms with E-state index in [1.165, 1.54) is 6.08 Å². The van der Waals surface area contributed by atoms with Gasteiger partial charge in [-0.3, -0.25) is 9.59 Å². The normalized spacial score (nSPS) is 20.0. The van der Waals surface area contributed by atoms with E-state index in [2.05, 4.69) is 6.58 Å². The monoisotopic (exact) mass is 371 g/mol. The number of carbonyl (C=O) groups excluding carboxylic acids is 3. The minimum atomic E-state index is -1.04. The van der Waals surface area contributed by atoms with Gasteiger partial charge in [0, 0.05) is 0 Å². The highest BCUT2D eigenvalue weighted by atomic mass is 16.6. The number of amides is 2. The van der Waals surface area contributed by atoms with Gasteiger partial charge in [-0.1, -0.05) is 55.1 Å². The van der Waals surface area contributed by atoms with Gasteiger partial charge in [-0.15, -0.1) is 0 Å². The number of ether oxygens (including phenoxy) is 2. The van der Waals surface area contributed by atoms with Crippen molar-refractivity contribution in [1.29, 1.82) is 0 Å². The summed E-state index contributed by atoms with van der Waals surface area (Å²) in [6, 6.07) is 8.90. The molecule has 0 aliphatic carbocycles. The quantitative estimate of drug-likeness (QED) is 0.449. The van der Waals surface area contributed by atoms with Gasteiger partial charge in [-0.05, 0) is 32.8 Å². The number of benzene rings is 1. The molecular weight excluding hydrogens is 346 g/mol. The Bertz CT molecular complexity index is 733. The van der Waals surface area contributed by atoms with Crippen molar-refractivity contribution in [3.63, 3.8) is 0 Å². The molecule has 1 saturated heterocycles. The van der Waals surface area contributed by atoms with Crippen LogP contribution in [0.5, 0.6) is 0 Å². The maximum atomic E-state index is 12.7. The maximum absolute atomic E-state index is 12.7. The van der Waals surface area contributed by atoms with Crippen LogP contribution in [0.4, 0.5) is 4.79 Å². The van der Waals surface area contributed by atoms with E-state index < -0.39 is 35.5 Å². The Balaban J connectivity index is 2.25. The second kappa shape index (κ2) is 8.66. The number of esters is 1. The van der Waals surface area contributed by atoms with Gasteiger partial charge in [0.2, 0.25) is 5.91 Å². The summed E-state index contributed by atoms with van der Waals surface area (Å²) in [6.45, 7) is 8.65. The molecule has 0 saturated carbocycles. The third-order valence-electron chi connectivity index (χ3n) is 3.87. The van der Waals surface area contributed by atoms with Gasteiger partial charge >= 0.3 is 12.1 Å². The number of imide groups is 1. The summed E-state index contributed by atoms with van der Waals surface area (Å²) >= 11 is 0. The predicted octanol–water partition coefficient (Wildman–Crippen LogP) is 3.58. The van der Waals surface area contributed by atoms with Crippen LogP contribution in [0.15, 0.2) is 49.1 Å². The number of hydrogen-bond acceptors (Lipinski definition) is 5. The Morgan fingerprint density at radius 3 is 2.52 bits per heavy atom. The molecule has 6 heteroatoms. The van der Waals surface area contributed by atoms with Crippen LogP contribution in [-0.2, 0) is 19.1 Å². The van der Waals surface area contributed by atoms with Gasteiger partial charge < -0.3 is 9.47 Å². The van der Waals surface area contributed by atoms with E-state index in [1.807, 2.05) is 36.4 Å². The lowest BCUT2D eigenvalue weighted by atomic mass is 10.0. The van der Waals surface area contributed by atoms with Gasteiger partial charge in [0.05, 0.1) is 6.04 Å². The van der Waals surface area contributed by atoms with E-state index in [0.717, 1.165) is 10.5 Å². The summed E-state index contributed by atoms with van der Waals surface area (Å²) in [7, 11) is 0. The molecule has 1 aliphatic heterocycles. The molecule has 1 aromatic rings. The molecule has 1 aliphatic rings. The van der Waals surface area contributed by atoms with Gasteiger partial charge in [0.1, 0.15) is 18.1 Å². The molecular formula is C21H25NO5. The van der Waals surface area contributed by atoms with E-state index in [4.69, 9.17) is 9.47 Å². The zero-order valence-corrected chi connectivity index (χ0v) is 15.9. The van der Waals surface area contributed by atoms with Crippen LogP contribution in [0.25, 0.3) is 6.08 Å². The average molecular weight is 371 g/mol. The van der Waals surface area contributed by atoms with Crippen molar-refractivity contribution >= 4 is 24.0 Å². The number of rotatable bonds is 5. The van der Waals surface area contributed by atoms with Crippen molar-refractivity contribution in [2.45, 2.75) is 38.8 Å². The molecule has 0 spiro atoms. The molecule has 1 aromatic carbocycles. The standard InChI is InChI=1S/C21H25NO5/c1-5-13-26-19(24)17-14-16(12-11-15-9-7-6-8-10-15)22(18(17)23)20(25)27-21(2,3)4/h5-12,16-17H,1,13-14H2,2-4H3/b12-11+/t16-,17?/m0/s1. The topological polar surface area (TPSA) is 72.9 Å². The minimum absolute atomic E-state index is 0.0135. The van der Waals surface area contributed by atoms with Crippen LogP contribution >= 0.6 is 0 Å². The number of nitrogens with zero attached hydrogens (tertiary/aromatic N) is 1. The highest BCUT2D eigenvalue weighted by Crippen LogP contribution is 2.29. The second-order valence-corrected chi connectivity index (χ2v) is 7.23. The van der Waals surface area contributed by atoms with Gasteiger partial charge in [0.15, 0.2) is 0 Å². The smallest absolute Gasteiger partial charge is 0.417 e. The van der Waals surface area contributed by atoms with Crippen LogP contribution in [0.2, 0.25) is 0 Å². The Labute approximate surface area is 159 Å². The fraction of sp³-hybridized carbons (Fsp3) is 0.381. The lowest BCUT2D eigenvalue weighted by Gasteiger charge is -2.26. The van der Waals surface area contributed by atoms with E-state index in [9.17, 15) is 14.4 Å². The van der Waals surface area contributed by atoms with Crippen molar-refractivity contribution in [3.05, 3.63) is 54.6 Å². The van der Waals surface area contributed by atoms with E-state index in [0.29, 0.717) is 0 Å². The van der Waals surface area contributed by atoms with Crippen LogP contribution in [-0.4, -0.2) is 41.1 Å². The van der Waals surface area contributed by atoms with Crippen molar-refractivity contribution in [1.82, 2.24) is 4.90 Å². The Hall–Kier alpha value is -2.89. The van der Waals surface area contributed by atoms with Crippen molar-refractivity contribution in [2.24, 2.45) is 5.92 Å². The van der Waals surface area contributed by atoms with Crippen LogP contribution in [0, 0.1) is 5.92 Å². The SMILES string of the molecule is C=CCOC(=O)C1C[C@H](/C=C/c2ccccc2)N(C(=O)OC(C)(C)C)C1=O. The van der Waals surface area contributed by atoms with Crippen molar-refractivity contribution in [2.75, 3.05) is 6.61 Å². The number of carbonyl (C=O) groups is 3. The first kappa shape index (κ1) is 20.4. The van der Waals surface area contributed by atoms with Crippen LogP contribution in [0.1, 0.15) is 32.8 Å². The molecule has 1 unspecified atom stereocenters. The third kappa shape index (κ3) is 5.54. The molecule has 0 radical (unpaired) electrons. The van der Waals surface area contributed by atoms with Crippen molar-refractivity contribution in [3.8, 4) is 0 Å². The minimum Gasteiger partial charge on any atom is -0.461 e. The fourth-order valence-corrected chi connectivity index (χ4v) is 2.71. The van der Waals surface area contributed by atoms with Crippen LogP contribution < -0.4 is 0 Å². The Morgan fingerprint density at radius 2 is 1.93 bits per heavy atom. The maximum Gasteiger partial charge on any atom is 0.417 e. The number of likely N-dealkylation sites (tertiary alicyclic amines) is 1. The highest BCUT2D eigenvalue weighted by Gasteiger charge is 2.47. The van der Waals surface area contributed by atoms with E-state index in [1.54, 1.807) is 26.8 Å². The fourth-order valence-electron chi connectivity index (χ4n) is 2.71. The zero-order chi connectivity index (χ0) is 20.0. The van der Waals surface area contributed by atoms with Crippen LogP contribution in [0.3, 0.4) is 0 Å². The van der Waals surface area contributed by atoms with E-state index in [-0.39, 0.29) is 13.0 Å². The number of hydrogen-bond donors (Lipinski definition) is 0. The third-order valence-corrected chi connectivity index (χ3v) is 3.87. The van der Waals surface area contributed by atoms with E-state index >= 15 is 0 Å². The second-order valence-electron chi connectivity index (χ2n) is 7.23. The molecule has 2 amide bonds. The van der Waals surface area contributed by atoms with Gasteiger partial charge in [-0.25, -0.2) is 9.69 Å². The summed E-state index contributed by atoms with van der Waals surface area (Å²) < 4.78 is 10.4. The van der Waals surface area contributed by atoms with Gasteiger partial charge in [-0.2, -0.15) is 0 Å². The predicted molar refractivity (Wildman–Crippen MR) is 102 cm³/mol.